The third-order valence-electron chi connectivity index (χ3n) is 13.7. The standard InChI is InChI=1S/C41H44O7S2/c1-40-19-17-25(21-28(40)9-12-35-37-15-16-39(42)41(37,2)20-18-38(35)40)22-36(33-7-3-5-26-23-29(49(43,44)45)10-13-31(26)33)34-8-4-6-27-24-30(50(46,47)48)11-14-32(27)34/h3-8,10-11,13-14,22-25,28,35,37-38H,9,12,15-21H2,1-2H3,(H,43,44,45)(H,46,47,48)/t25?,28?,35-,37-,38-,40-,41-/m0/s1. The summed E-state index contributed by atoms with van der Waals surface area (Å²) in [4.78, 5) is 12.6. The lowest BCUT2D eigenvalue weighted by molar-refractivity contribution is -0.139. The zero-order chi connectivity index (χ0) is 35.2. The van der Waals surface area contributed by atoms with Gasteiger partial charge in [-0.1, -0.05) is 68.5 Å². The molecule has 50 heavy (non-hydrogen) atoms. The molecule has 0 heterocycles. The van der Waals surface area contributed by atoms with Crippen LogP contribution in [0.1, 0.15) is 82.8 Å². The van der Waals surface area contributed by atoms with E-state index in [1.165, 1.54) is 37.1 Å². The van der Waals surface area contributed by atoms with Gasteiger partial charge in [0, 0.05) is 11.8 Å². The molecule has 0 bridgehead atoms. The monoisotopic (exact) mass is 712 g/mol. The molecule has 7 atom stereocenters. The third-order valence-corrected chi connectivity index (χ3v) is 15.4. The van der Waals surface area contributed by atoms with E-state index >= 15 is 0 Å². The molecule has 9 heteroatoms. The lowest BCUT2D eigenvalue weighted by Crippen LogP contribution is -2.53. The van der Waals surface area contributed by atoms with Gasteiger partial charge < -0.3 is 0 Å². The highest BCUT2D eigenvalue weighted by Gasteiger charge is 2.60. The van der Waals surface area contributed by atoms with E-state index in [9.17, 15) is 30.7 Å². The number of carbonyl (C=O) groups excluding carboxylic acids is 1. The minimum absolute atomic E-state index is 0.125. The van der Waals surface area contributed by atoms with Crippen LogP contribution in [-0.2, 0) is 25.0 Å². The predicted molar refractivity (Wildman–Crippen MR) is 195 cm³/mol. The maximum atomic E-state index is 12.9. The van der Waals surface area contributed by atoms with Gasteiger partial charge in [0.2, 0.25) is 0 Å². The predicted octanol–water partition coefficient (Wildman–Crippen LogP) is 9.15. The summed E-state index contributed by atoms with van der Waals surface area (Å²) in [5.74, 6) is 3.17. The van der Waals surface area contributed by atoms with Gasteiger partial charge in [-0.2, -0.15) is 16.8 Å². The quantitative estimate of drug-likeness (QED) is 0.198. The largest absolute Gasteiger partial charge is 0.299 e. The second kappa shape index (κ2) is 11.8. The molecule has 4 aliphatic carbocycles. The number of Topliss-reactive ketones (excluding diaryl/α,β-unsaturated/α-hetero) is 1. The van der Waals surface area contributed by atoms with Crippen LogP contribution in [0, 0.1) is 40.4 Å². The van der Waals surface area contributed by atoms with Gasteiger partial charge >= 0.3 is 0 Å². The smallest absolute Gasteiger partial charge is 0.294 e. The second-order valence-electron chi connectivity index (χ2n) is 16.0. The molecular formula is C41H44O7S2. The Labute approximate surface area is 294 Å². The lowest BCUT2D eigenvalue weighted by Gasteiger charge is -2.60. The Balaban J connectivity index is 1.21. The van der Waals surface area contributed by atoms with E-state index in [1.807, 2.05) is 36.4 Å². The first-order valence-corrected chi connectivity index (χ1v) is 20.8. The van der Waals surface area contributed by atoms with Crippen LogP contribution in [-0.4, -0.2) is 31.7 Å². The number of ketones is 1. The Bertz CT molecular complexity index is 2190. The van der Waals surface area contributed by atoms with Crippen molar-refractivity contribution in [3.8, 4) is 0 Å². The molecule has 0 spiro atoms. The van der Waals surface area contributed by atoms with Crippen molar-refractivity contribution in [2.75, 3.05) is 0 Å². The van der Waals surface area contributed by atoms with Crippen LogP contribution >= 0.6 is 0 Å². The third kappa shape index (κ3) is 5.47. The first-order valence-electron chi connectivity index (χ1n) is 17.9. The molecule has 7 nitrogen and oxygen atoms in total. The maximum Gasteiger partial charge on any atom is 0.294 e. The Kier molecular flexibility index (Phi) is 7.99. The van der Waals surface area contributed by atoms with Crippen LogP contribution < -0.4 is 0 Å². The van der Waals surface area contributed by atoms with E-state index in [0.29, 0.717) is 46.1 Å². The zero-order valence-corrected chi connectivity index (χ0v) is 30.1. The number of allylic oxidation sites excluding steroid dienone is 1. The van der Waals surface area contributed by atoms with E-state index < -0.39 is 20.2 Å². The van der Waals surface area contributed by atoms with Crippen molar-refractivity contribution >= 4 is 53.1 Å². The minimum Gasteiger partial charge on any atom is -0.299 e. The van der Waals surface area contributed by atoms with Crippen molar-refractivity contribution < 1.29 is 30.7 Å². The number of fused-ring (bicyclic) bond motifs is 7. The Morgan fingerprint density at radius 3 is 1.90 bits per heavy atom. The first kappa shape index (κ1) is 33.8. The van der Waals surface area contributed by atoms with Crippen molar-refractivity contribution in [2.45, 2.75) is 81.4 Å². The molecule has 262 valence electrons. The van der Waals surface area contributed by atoms with Crippen molar-refractivity contribution in [3.63, 3.8) is 0 Å². The average molecular weight is 713 g/mol. The number of rotatable bonds is 5. The summed E-state index contributed by atoms with van der Waals surface area (Å²) < 4.78 is 67.5. The first-order chi connectivity index (χ1) is 23.7. The zero-order valence-electron chi connectivity index (χ0n) is 28.5. The summed E-state index contributed by atoms with van der Waals surface area (Å²) in [5, 5.41) is 3.05. The molecule has 4 aromatic carbocycles. The van der Waals surface area contributed by atoms with E-state index in [4.69, 9.17) is 0 Å². The fourth-order valence-corrected chi connectivity index (χ4v) is 12.1. The topological polar surface area (TPSA) is 126 Å². The lowest BCUT2D eigenvalue weighted by atomic mass is 9.44. The van der Waals surface area contributed by atoms with Crippen LogP contribution in [0.5, 0.6) is 0 Å². The summed E-state index contributed by atoms with van der Waals surface area (Å²) in [5.41, 5.74) is 2.95. The van der Waals surface area contributed by atoms with Gasteiger partial charge in [-0.15, -0.1) is 0 Å². The molecule has 4 saturated carbocycles. The Hall–Kier alpha value is -3.37. The van der Waals surface area contributed by atoms with Crippen molar-refractivity contribution in [1.29, 1.82) is 0 Å². The molecular weight excluding hydrogens is 669 g/mol. The van der Waals surface area contributed by atoms with Gasteiger partial charge in [-0.3, -0.25) is 13.9 Å². The summed E-state index contributed by atoms with van der Waals surface area (Å²) in [6, 6.07) is 20.9. The number of hydrogen-bond acceptors (Lipinski definition) is 5. The number of benzene rings is 4. The van der Waals surface area contributed by atoms with Crippen LogP contribution in [0.15, 0.2) is 88.7 Å². The van der Waals surface area contributed by atoms with Gasteiger partial charge in [0.1, 0.15) is 5.78 Å². The van der Waals surface area contributed by atoms with E-state index in [-0.39, 0.29) is 20.6 Å². The second-order valence-corrected chi connectivity index (χ2v) is 18.9. The van der Waals surface area contributed by atoms with Gasteiger partial charge in [0.25, 0.3) is 20.2 Å². The molecule has 2 N–H and O–H groups in total. The van der Waals surface area contributed by atoms with Gasteiger partial charge in [-0.05, 0) is 149 Å². The van der Waals surface area contributed by atoms with Crippen LogP contribution in [0.2, 0.25) is 0 Å². The summed E-state index contributed by atoms with van der Waals surface area (Å²) in [6.45, 7) is 4.78. The minimum atomic E-state index is -4.38. The van der Waals surface area contributed by atoms with Crippen LogP contribution in [0.25, 0.3) is 27.1 Å². The van der Waals surface area contributed by atoms with Gasteiger partial charge in [0.05, 0.1) is 9.79 Å². The molecule has 0 aliphatic heterocycles. The van der Waals surface area contributed by atoms with Crippen LogP contribution in [0.4, 0.5) is 0 Å². The SMILES string of the molecule is C[C@]12CCC(C=C(c3cccc4cc(S(=O)(=O)O)ccc34)c3cccc4cc(S(=O)(=O)O)ccc34)CC1CC[C@@H]1[C@@H]2CC[C@]2(C)C(=O)CC[C@@H]12. The molecule has 8 rings (SSSR count). The molecule has 2 unspecified atom stereocenters. The highest BCUT2D eigenvalue weighted by molar-refractivity contribution is 7.86. The van der Waals surface area contributed by atoms with Crippen LogP contribution in [0.3, 0.4) is 0 Å². The van der Waals surface area contributed by atoms with Crippen molar-refractivity contribution in [2.24, 2.45) is 40.4 Å². The molecule has 0 aromatic heterocycles. The Morgan fingerprint density at radius 1 is 0.720 bits per heavy atom. The summed E-state index contributed by atoms with van der Waals surface area (Å²) in [6.07, 6.45) is 12.0. The van der Waals surface area contributed by atoms with E-state index in [2.05, 4.69) is 19.9 Å². The van der Waals surface area contributed by atoms with Crippen molar-refractivity contribution in [3.05, 3.63) is 90.0 Å². The molecule has 4 aliphatic rings. The van der Waals surface area contributed by atoms with Crippen molar-refractivity contribution in [1.82, 2.24) is 0 Å². The van der Waals surface area contributed by atoms with Gasteiger partial charge in [-0.25, -0.2) is 0 Å². The fraction of sp³-hybridized carbons (Fsp3) is 0.439. The summed E-state index contributed by atoms with van der Waals surface area (Å²) in [7, 11) is -8.77. The number of carbonyl (C=O) groups is 1. The van der Waals surface area contributed by atoms with Gasteiger partial charge in [0.15, 0.2) is 0 Å². The molecule has 4 aromatic rings. The average Bonchev–Trinajstić information content (AvgIpc) is 3.39. The van der Waals surface area contributed by atoms with E-state index in [0.717, 1.165) is 72.4 Å². The molecule has 0 saturated heterocycles. The summed E-state index contributed by atoms with van der Waals surface area (Å²) >= 11 is 0. The molecule has 4 fully saturated rings. The molecule has 0 amide bonds. The highest BCUT2D eigenvalue weighted by atomic mass is 32.2. The van der Waals surface area contributed by atoms with E-state index in [1.54, 1.807) is 12.1 Å². The highest BCUT2D eigenvalue weighted by Crippen LogP contribution is 2.66. The Morgan fingerprint density at radius 2 is 1.32 bits per heavy atom. The molecule has 0 radical (unpaired) electrons. The number of hydrogen-bond donors (Lipinski definition) is 2. The fourth-order valence-electron chi connectivity index (χ4n) is 11.1. The maximum absolute atomic E-state index is 12.9. The normalized spacial score (nSPS) is 31.2.